The predicted molar refractivity (Wildman–Crippen MR) is 121 cm³/mol. The van der Waals surface area contributed by atoms with E-state index in [4.69, 9.17) is 4.74 Å². The molecule has 1 fully saturated rings. The zero-order valence-corrected chi connectivity index (χ0v) is 17.1. The molecule has 30 heavy (non-hydrogen) atoms. The van der Waals surface area contributed by atoms with Gasteiger partial charge in [0.25, 0.3) is 0 Å². The van der Waals surface area contributed by atoms with E-state index in [0.29, 0.717) is 0 Å². The fourth-order valence-corrected chi connectivity index (χ4v) is 4.27. The van der Waals surface area contributed by atoms with Crippen molar-refractivity contribution in [3.05, 3.63) is 66.5 Å². The van der Waals surface area contributed by atoms with E-state index in [2.05, 4.69) is 68.4 Å². The molecule has 2 aromatic heterocycles. The first-order valence-electron chi connectivity index (χ1n) is 10.4. The van der Waals surface area contributed by atoms with Crippen LogP contribution in [0, 0.1) is 0 Å². The molecule has 3 heterocycles. The summed E-state index contributed by atoms with van der Waals surface area (Å²) in [6.07, 6.45) is 6.16. The van der Waals surface area contributed by atoms with Gasteiger partial charge in [-0.1, -0.05) is 42.5 Å². The van der Waals surface area contributed by atoms with E-state index >= 15 is 0 Å². The second-order valence-corrected chi connectivity index (χ2v) is 7.68. The minimum atomic E-state index is 0.836. The molecular weight excluding hydrogens is 374 g/mol. The van der Waals surface area contributed by atoms with Crippen molar-refractivity contribution in [3.8, 4) is 5.75 Å². The third kappa shape index (κ3) is 3.50. The molecule has 6 heteroatoms. The molecule has 5 rings (SSSR count). The molecule has 0 unspecified atom stereocenters. The molecule has 2 aromatic carbocycles. The molecule has 1 aliphatic heterocycles. The van der Waals surface area contributed by atoms with Gasteiger partial charge in [-0.2, -0.15) is 0 Å². The number of aromatic amines is 1. The first kappa shape index (κ1) is 18.6. The van der Waals surface area contributed by atoms with Crippen molar-refractivity contribution >= 4 is 33.8 Å². The maximum absolute atomic E-state index is 5.56. The van der Waals surface area contributed by atoms with Gasteiger partial charge in [-0.05, 0) is 23.8 Å². The van der Waals surface area contributed by atoms with Crippen molar-refractivity contribution in [2.75, 3.05) is 44.7 Å². The monoisotopic (exact) mass is 400 g/mol. The van der Waals surface area contributed by atoms with Crippen LogP contribution in [0.4, 0.5) is 5.82 Å². The number of rotatable bonds is 5. The average Bonchev–Trinajstić information content (AvgIpc) is 3.19. The number of nitrogens with one attached hydrogen (secondary N) is 2. The fraction of sp³-hybridized carbons (Fsp3) is 0.250. The normalized spacial score (nSPS) is 15.4. The number of nitrogens with zero attached hydrogens (tertiary/aromatic N) is 3. The van der Waals surface area contributed by atoms with Gasteiger partial charge in [0.15, 0.2) is 5.82 Å². The lowest BCUT2D eigenvalue weighted by molar-refractivity contribution is -0.894. The number of anilines is 1. The van der Waals surface area contributed by atoms with Gasteiger partial charge in [0.1, 0.15) is 23.1 Å². The third-order valence-corrected chi connectivity index (χ3v) is 5.86. The Balaban J connectivity index is 1.32. The quantitative estimate of drug-likeness (QED) is 0.541. The highest BCUT2D eigenvalue weighted by atomic mass is 16.5. The SMILES string of the molecule is COc1cccc2[nH]c3c(N4CC[NH+](C/C=C/c5ccccc5)CC4)ncnc3c12. The lowest BCUT2D eigenvalue weighted by Gasteiger charge is -2.32. The van der Waals surface area contributed by atoms with E-state index in [1.54, 1.807) is 18.3 Å². The Kier molecular flexibility index (Phi) is 5.07. The number of fused-ring (bicyclic) bond motifs is 3. The molecule has 0 saturated carbocycles. The van der Waals surface area contributed by atoms with Crippen molar-refractivity contribution in [1.82, 2.24) is 15.0 Å². The molecule has 4 aromatic rings. The standard InChI is InChI=1S/C24H25N5O/c1-30-20-11-5-10-19-21(20)22-23(27-19)24(26-17-25-22)29-15-13-28(14-16-29)12-6-9-18-7-3-2-4-8-18/h2-11,17,27H,12-16H2,1H3/p+1/b9-6+. The van der Waals surface area contributed by atoms with E-state index in [1.807, 2.05) is 12.1 Å². The van der Waals surface area contributed by atoms with Crippen LogP contribution in [-0.4, -0.2) is 54.8 Å². The number of benzene rings is 2. The smallest absolute Gasteiger partial charge is 0.156 e. The van der Waals surface area contributed by atoms with Crippen molar-refractivity contribution in [2.45, 2.75) is 0 Å². The Morgan fingerprint density at radius 1 is 1.07 bits per heavy atom. The van der Waals surface area contributed by atoms with Gasteiger partial charge in [0, 0.05) is 0 Å². The molecule has 152 valence electrons. The van der Waals surface area contributed by atoms with Crippen LogP contribution in [0.15, 0.2) is 60.9 Å². The Bertz CT molecular complexity index is 1180. The molecule has 0 aliphatic carbocycles. The molecule has 1 aliphatic rings. The largest absolute Gasteiger partial charge is 0.496 e. The lowest BCUT2D eigenvalue weighted by atomic mass is 10.2. The summed E-state index contributed by atoms with van der Waals surface area (Å²) in [6.45, 7) is 5.19. The summed E-state index contributed by atoms with van der Waals surface area (Å²) in [5, 5.41) is 1.02. The maximum atomic E-state index is 5.56. The van der Waals surface area contributed by atoms with Crippen molar-refractivity contribution in [1.29, 1.82) is 0 Å². The van der Waals surface area contributed by atoms with Crippen molar-refractivity contribution < 1.29 is 9.64 Å². The summed E-state index contributed by atoms with van der Waals surface area (Å²) in [6, 6.07) is 16.5. The second-order valence-electron chi connectivity index (χ2n) is 7.68. The molecule has 2 N–H and O–H groups in total. The topological polar surface area (TPSA) is 58.5 Å². The second kappa shape index (κ2) is 8.16. The lowest BCUT2D eigenvalue weighted by Crippen LogP contribution is -3.14. The summed E-state index contributed by atoms with van der Waals surface area (Å²) >= 11 is 0. The zero-order chi connectivity index (χ0) is 20.3. The number of H-pyrrole nitrogens is 1. The molecule has 1 saturated heterocycles. The highest BCUT2D eigenvalue weighted by Crippen LogP contribution is 2.34. The summed E-state index contributed by atoms with van der Waals surface area (Å²) in [4.78, 5) is 16.7. The van der Waals surface area contributed by atoms with Crippen molar-refractivity contribution in [3.63, 3.8) is 0 Å². The molecule has 6 nitrogen and oxygen atoms in total. The minimum absolute atomic E-state index is 0.836. The number of ether oxygens (including phenoxy) is 1. The molecule has 0 atom stereocenters. The summed E-state index contributed by atoms with van der Waals surface area (Å²) in [7, 11) is 1.70. The van der Waals surface area contributed by atoms with E-state index in [-0.39, 0.29) is 0 Å². The van der Waals surface area contributed by atoms with E-state index in [9.17, 15) is 0 Å². The molecule has 0 radical (unpaired) electrons. The first-order chi connectivity index (χ1) is 14.8. The number of aromatic nitrogens is 3. The van der Waals surface area contributed by atoms with Gasteiger partial charge in [-0.15, -0.1) is 0 Å². The highest BCUT2D eigenvalue weighted by molar-refractivity contribution is 6.11. The summed E-state index contributed by atoms with van der Waals surface area (Å²) in [5.74, 6) is 1.82. The van der Waals surface area contributed by atoms with E-state index < -0.39 is 0 Å². The van der Waals surface area contributed by atoms with Crippen LogP contribution in [0.3, 0.4) is 0 Å². The number of hydrogen-bond donors (Lipinski definition) is 2. The van der Waals surface area contributed by atoms with E-state index in [0.717, 1.165) is 66.2 Å². The van der Waals surface area contributed by atoms with Gasteiger partial charge < -0.3 is 19.5 Å². The Labute approximate surface area is 175 Å². The molecule has 0 bridgehead atoms. The van der Waals surface area contributed by atoms with Gasteiger partial charge in [-0.3, -0.25) is 0 Å². The van der Waals surface area contributed by atoms with Crippen LogP contribution in [-0.2, 0) is 0 Å². The van der Waals surface area contributed by atoms with Crippen LogP contribution in [0.25, 0.3) is 28.0 Å². The molecular formula is C24H26N5O+. The Morgan fingerprint density at radius 2 is 1.90 bits per heavy atom. The first-order valence-corrected chi connectivity index (χ1v) is 10.4. The molecule has 0 spiro atoms. The van der Waals surface area contributed by atoms with Crippen molar-refractivity contribution in [2.24, 2.45) is 0 Å². The molecule has 0 amide bonds. The van der Waals surface area contributed by atoms with Gasteiger partial charge in [0.2, 0.25) is 0 Å². The maximum Gasteiger partial charge on any atom is 0.156 e. The third-order valence-electron chi connectivity index (χ3n) is 5.86. The number of quaternary nitrogens is 1. The average molecular weight is 401 g/mol. The highest BCUT2D eigenvalue weighted by Gasteiger charge is 2.23. The summed E-state index contributed by atoms with van der Waals surface area (Å²) in [5.41, 5.74) is 4.20. The van der Waals surface area contributed by atoms with Gasteiger partial charge in [-0.25, -0.2) is 9.97 Å². The predicted octanol–water partition coefficient (Wildman–Crippen LogP) is 2.54. The number of methoxy groups -OCH3 is 1. The van der Waals surface area contributed by atoms with Crippen LogP contribution >= 0.6 is 0 Å². The number of hydrogen-bond acceptors (Lipinski definition) is 4. The number of piperazine rings is 1. The minimum Gasteiger partial charge on any atom is -0.496 e. The van der Waals surface area contributed by atoms with Crippen LogP contribution in [0.5, 0.6) is 5.75 Å². The summed E-state index contributed by atoms with van der Waals surface area (Å²) < 4.78 is 5.56. The fourth-order valence-electron chi connectivity index (χ4n) is 4.27. The van der Waals surface area contributed by atoms with E-state index in [1.165, 1.54) is 5.56 Å². The van der Waals surface area contributed by atoms with Crippen LogP contribution in [0.2, 0.25) is 0 Å². The Hall–Kier alpha value is -3.38. The van der Waals surface area contributed by atoms with Crippen LogP contribution < -0.4 is 14.5 Å². The Morgan fingerprint density at radius 3 is 2.70 bits per heavy atom. The van der Waals surface area contributed by atoms with Crippen LogP contribution in [0.1, 0.15) is 5.56 Å². The van der Waals surface area contributed by atoms with Gasteiger partial charge in [0.05, 0.1) is 50.7 Å². The zero-order valence-electron chi connectivity index (χ0n) is 17.1. The van der Waals surface area contributed by atoms with Gasteiger partial charge >= 0.3 is 0 Å².